The van der Waals surface area contributed by atoms with E-state index in [1.165, 1.54) is 11.8 Å². The van der Waals surface area contributed by atoms with Crippen LogP contribution in [0.2, 0.25) is 0 Å². The molecule has 0 unspecified atom stereocenters. The van der Waals surface area contributed by atoms with Crippen LogP contribution in [0.5, 0.6) is 11.5 Å². The minimum atomic E-state index is -0.113. The Balaban J connectivity index is 2.22. The van der Waals surface area contributed by atoms with Gasteiger partial charge in [-0.25, -0.2) is 0 Å². The van der Waals surface area contributed by atoms with Crippen molar-refractivity contribution in [2.75, 3.05) is 33.5 Å². The van der Waals surface area contributed by atoms with Crippen molar-refractivity contribution in [3.8, 4) is 23.8 Å². The van der Waals surface area contributed by atoms with Gasteiger partial charge in [0.15, 0.2) is 11.5 Å². The van der Waals surface area contributed by atoms with Crippen LogP contribution in [-0.2, 0) is 9.53 Å². The van der Waals surface area contributed by atoms with E-state index in [9.17, 15) is 4.79 Å². The van der Waals surface area contributed by atoms with Crippen molar-refractivity contribution in [2.45, 2.75) is 6.92 Å². The summed E-state index contributed by atoms with van der Waals surface area (Å²) in [7, 11) is 1.59. The van der Waals surface area contributed by atoms with E-state index in [0.717, 1.165) is 5.56 Å². The van der Waals surface area contributed by atoms with Gasteiger partial charge < -0.3 is 14.2 Å². The van der Waals surface area contributed by atoms with Crippen molar-refractivity contribution in [3.05, 3.63) is 28.7 Å². The molecule has 1 aromatic rings. The molecule has 0 atom stereocenters. The van der Waals surface area contributed by atoms with Gasteiger partial charge in [-0.15, -0.1) is 6.42 Å². The molecule has 0 N–H and O–H groups in total. The van der Waals surface area contributed by atoms with Crippen molar-refractivity contribution < 1.29 is 19.0 Å². The molecule has 1 amide bonds. The molecule has 132 valence electrons. The lowest BCUT2D eigenvalue weighted by Crippen LogP contribution is -2.31. The SMILES string of the molecule is C#CCOc1ccc(C=C2SC(=S)N(CCOC)C2=O)cc1OCC. The fraction of sp³-hybridized carbons (Fsp3) is 0.333. The Hall–Kier alpha value is -2.01. The lowest BCUT2D eigenvalue weighted by molar-refractivity contribution is -0.122. The molecule has 0 aliphatic carbocycles. The molecule has 0 aromatic heterocycles. The first-order valence-electron chi connectivity index (χ1n) is 7.68. The van der Waals surface area contributed by atoms with Crippen LogP contribution in [0, 0.1) is 12.3 Å². The lowest BCUT2D eigenvalue weighted by Gasteiger charge is -2.13. The Bertz CT molecular complexity index is 724. The molecule has 1 fully saturated rings. The summed E-state index contributed by atoms with van der Waals surface area (Å²) in [6, 6.07) is 5.44. The molecule has 5 nitrogen and oxygen atoms in total. The number of thioether (sulfide) groups is 1. The standard InChI is InChI=1S/C18H19NO4S2/c1-4-9-23-14-7-6-13(11-15(14)22-5-2)12-16-17(20)19(8-10-21-3)18(24)25-16/h1,6-7,11-12H,5,8-10H2,2-3H3. The van der Waals surface area contributed by atoms with Gasteiger partial charge in [0.05, 0.1) is 24.7 Å². The van der Waals surface area contributed by atoms with Crippen LogP contribution in [0.1, 0.15) is 12.5 Å². The first-order valence-corrected chi connectivity index (χ1v) is 8.90. The van der Waals surface area contributed by atoms with Crippen LogP contribution in [0.15, 0.2) is 23.1 Å². The van der Waals surface area contributed by atoms with Crippen LogP contribution in [0.25, 0.3) is 6.08 Å². The van der Waals surface area contributed by atoms with E-state index < -0.39 is 0 Å². The minimum Gasteiger partial charge on any atom is -0.490 e. The third-order valence-electron chi connectivity index (χ3n) is 3.27. The average Bonchev–Trinajstić information content (AvgIpc) is 2.86. The van der Waals surface area contributed by atoms with E-state index in [1.54, 1.807) is 24.2 Å². The van der Waals surface area contributed by atoms with Gasteiger partial charge >= 0.3 is 0 Å². The predicted molar refractivity (Wildman–Crippen MR) is 104 cm³/mol. The molecule has 7 heteroatoms. The number of ether oxygens (including phenoxy) is 3. The molecular formula is C18H19NO4S2. The quantitative estimate of drug-likeness (QED) is 0.394. The van der Waals surface area contributed by atoms with Crippen LogP contribution in [-0.4, -0.2) is 48.6 Å². The smallest absolute Gasteiger partial charge is 0.266 e. The summed E-state index contributed by atoms with van der Waals surface area (Å²) in [6.07, 6.45) is 7.02. The van der Waals surface area contributed by atoms with Gasteiger partial charge in [-0.05, 0) is 30.7 Å². The number of amides is 1. The highest BCUT2D eigenvalue weighted by Crippen LogP contribution is 2.34. The van der Waals surface area contributed by atoms with E-state index in [4.69, 9.17) is 32.9 Å². The van der Waals surface area contributed by atoms with Crippen molar-refractivity contribution in [1.82, 2.24) is 4.90 Å². The molecule has 0 saturated carbocycles. The van der Waals surface area contributed by atoms with Crippen molar-refractivity contribution in [2.24, 2.45) is 0 Å². The summed E-state index contributed by atoms with van der Waals surface area (Å²) < 4.78 is 16.6. The fourth-order valence-electron chi connectivity index (χ4n) is 2.15. The predicted octanol–water partition coefficient (Wildman–Crippen LogP) is 2.94. The van der Waals surface area contributed by atoms with Crippen LogP contribution in [0.4, 0.5) is 0 Å². The van der Waals surface area contributed by atoms with Gasteiger partial charge in [-0.2, -0.15) is 0 Å². The Morgan fingerprint density at radius 1 is 1.36 bits per heavy atom. The molecule has 0 radical (unpaired) electrons. The largest absolute Gasteiger partial charge is 0.490 e. The van der Waals surface area contributed by atoms with Gasteiger partial charge in [0, 0.05) is 7.11 Å². The second-order valence-corrected chi connectivity index (χ2v) is 6.63. The summed E-state index contributed by atoms with van der Waals surface area (Å²) in [5, 5.41) is 0. The molecule has 1 aliphatic heterocycles. The third kappa shape index (κ3) is 4.98. The number of terminal acetylenes is 1. The van der Waals surface area contributed by atoms with Gasteiger partial charge in [-0.1, -0.05) is 36.0 Å². The summed E-state index contributed by atoms with van der Waals surface area (Å²) in [4.78, 5) is 14.6. The topological polar surface area (TPSA) is 48.0 Å². The Kier molecular flexibility index (Phi) is 7.31. The zero-order valence-electron chi connectivity index (χ0n) is 14.1. The van der Waals surface area contributed by atoms with E-state index in [1.807, 2.05) is 19.1 Å². The number of hydrogen-bond acceptors (Lipinski definition) is 6. The second kappa shape index (κ2) is 9.47. The number of nitrogens with zero attached hydrogens (tertiary/aromatic N) is 1. The second-order valence-electron chi connectivity index (χ2n) is 4.96. The van der Waals surface area contributed by atoms with Crippen molar-refractivity contribution in [3.63, 3.8) is 0 Å². The van der Waals surface area contributed by atoms with Gasteiger partial charge in [0.1, 0.15) is 10.9 Å². The van der Waals surface area contributed by atoms with E-state index in [2.05, 4.69) is 5.92 Å². The molecule has 2 rings (SSSR count). The maximum absolute atomic E-state index is 12.5. The summed E-state index contributed by atoms with van der Waals surface area (Å²) >= 11 is 6.55. The average molecular weight is 377 g/mol. The van der Waals surface area contributed by atoms with Crippen LogP contribution >= 0.6 is 24.0 Å². The summed E-state index contributed by atoms with van der Waals surface area (Å²) in [6.45, 7) is 3.43. The van der Waals surface area contributed by atoms with Gasteiger partial charge in [0.25, 0.3) is 5.91 Å². The number of carbonyl (C=O) groups is 1. The maximum atomic E-state index is 12.5. The maximum Gasteiger partial charge on any atom is 0.266 e. The molecule has 0 spiro atoms. The Morgan fingerprint density at radius 3 is 2.84 bits per heavy atom. The monoisotopic (exact) mass is 377 g/mol. The fourth-order valence-corrected chi connectivity index (χ4v) is 3.46. The van der Waals surface area contributed by atoms with Crippen molar-refractivity contribution >= 4 is 40.3 Å². The van der Waals surface area contributed by atoms with Crippen molar-refractivity contribution in [1.29, 1.82) is 0 Å². The normalized spacial score (nSPS) is 15.6. The third-order valence-corrected chi connectivity index (χ3v) is 4.65. The molecule has 1 aliphatic rings. The zero-order chi connectivity index (χ0) is 18.2. The minimum absolute atomic E-state index is 0.113. The van der Waals surface area contributed by atoms with Gasteiger partial charge in [-0.3, -0.25) is 9.69 Å². The van der Waals surface area contributed by atoms with E-state index in [-0.39, 0.29) is 12.5 Å². The Morgan fingerprint density at radius 2 is 2.16 bits per heavy atom. The molecule has 1 heterocycles. The van der Waals surface area contributed by atoms with Crippen LogP contribution in [0.3, 0.4) is 0 Å². The number of hydrogen-bond donors (Lipinski definition) is 0. The van der Waals surface area contributed by atoms with E-state index >= 15 is 0 Å². The number of benzene rings is 1. The molecule has 1 saturated heterocycles. The first kappa shape index (κ1) is 19.3. The van der Waals surface area contributed by atoms with E-state index in [0.29, 0.717) is 40.5 Å². The van der Waals surface area contributed by atoms with Gasteiger partial charge in [0.2, 0.25) is 0 Å². The number of methoxy groups -OCH3 is 1. The highest BCUT2D eigenvalue weighted by molar-refractivity contribution is 8.26. The molecule has 1 aromatic carbocycles. The number of rotatable bonds is 8. The highest BCUT2D eigenvalue weighted by atomic mass is 32.2. The first-order chi connectivity index (χ1) is 12.1. The zero-order valence-corrected chi connectivity index (χ0v) is 15.7. The summed E-state index contributed by atoms with van der Waals surface area (Å²) in [5.41, 5.74) is 0.823. The Labute approximate surface area is 157 Å². The lowest BCUT2D eigenvalue weighted by atomic mass is 10.2. The van der Waals surface area contributed by atoms with Crippen LogP contribution < -0.4 is 9.47 Å². The summed E-state index contributed by atoms with van der Waals surface area (Å²) in [5.74, 6) is 3.47. The highest BCUT2D eigenvalue weighted by Gasteiger charge is 2.31. The molecule has 0 bridgehead atoms. The molecular weight excluding hydrogens is 358 g/mol. The number of carbonyl (C=O) groups excluding carboxylic acids is 1. The molecule has 25 heavy (non-hydrogen) atoms. The number of thiocarbonyl (C=S) groups is 1.